The van der Waals surface area contributed by atoms with Gasteiger partial charge in [0.2, 0.25) is 0 Å². The molecule has 0 N–H and O–H groups in total. The van der Waals surface area contributed by atoms with Crippen LogP contribution < -0.4 is 0 Å². The van der Waals surface area contributed by atoms with Crippen LogP contribution in [0, 0.1) is 0 Å². The number of hydrogen-bond acceptors (Lipinski definition) is 5. The third-order valence-electron chi connectivity index (χ3n) is 2.35. The number of thioether (sulfide) groups is 1. The maximum atomic E-state index is 11.2. The lowest BCUT2D eigenvalue weighted by Gasteiger charge is -2.06. The number of hydrogen-bond donors (Lipinski definition) is 0. The molecule has 0 aromatic carbocycles. The molecule has 0 spiro atoms. The Balaban J connectivity index is 2.44. The first-order chi connectivity index (χ1) is 9.63. The Morgan fingerprint density at radius 3 is 3.05 bits per heavy atom. The van der Waals surface area contributed by atoms with Crippen molar-refractivity contribution in [3.05, 3.63) is 24.0 Å². The van der Waals surface area contributed by atoms with Gasteiger partial charge in [0.15, 0.2) is 0 Å². The molecule has 1 aromatic heterocycles. The standard InChI is InChI=1S/C15H22N2O2S/c1-4-19-15(18)8-6-9-16-11-13-14(20-12(2)3)7-5-10-17-13/h5,7,10-12H,4,6,8-9H2,1-3H3/b16-11+. The molecule has 0 aliphatic carbocycles. The van der Waals surface area contributed by atoms with E-state index in [-0.39, 0.29) is 5.97 Å². The van der Waals surface area contributed by atoms with E-state index >= 15 is 0 Å². The second-order valence-corrected chi connectivity index (χ2v) is 6.12. The van der Waals surface area contributed by atoms with Crippen molar-refractivity contribution in [2.45, 2.75) is 43.8 Å². The number of esters is 1. The summed E-state index contributed by atoms with van der Waals surface area (Å²) in [6.07, 6.45) is 4.68. The van der Waals surface area contributed by atoms with Gasteiger partial charge in [0.05, 0.1) is 12.3 Å². The number of aromatic nitrogens is 1. The van der Waals surface area contributed by atoms with E-state index < -0.39 is 0 Å². The Morgan fingerprint density at radius 1 is 1.55 bits per heavy atom. The van der Waals surface area contributed by atoms with Gasteiger partial charge in [-0.15, -0.1) is 11.8 Å². The number of nitrogens with zero attached hydrogens (tertiary/aromatic N) is 2. The number of ether oxygens (including phenoxy) is 1. The number of rotatable bonds is 8. The smallest absolute Gasteiger partial charge is 0.305 e. The van der Waals surface area contributed by atoms with Gasteiger partial charge in [-0.2, -0.15) is 0 Å². The SMILES string of the molecule is CCOC(=O)CCC/N=C/c1ncccc1SC(C)C. The van der Waals surface area contributed by atoms with Gasteiger partial charge in [-0.25, -0.2) is 0 Å². The highest BCUT2D eigenvalue weighted by Crippen LogP contribution is 2.24. The third-order valence-corrected chi connectivity index (χ3v) is 3.42. The second-order valence-electron chi connectivity index (χ2n) is 4.50. The molecule has 0 saturated heterocycles. The van der Waals surface area contributed by atoms with Gasteiger partial charge in [-0.1, -0.05) is 13.8 Å². The summed E-state index contributed by atoms with van der Waals surface area (Å²) < 4.78 is 4.86. The van der Waals surface area contributed by atoms with E-state index in [2.05, 4.69) is 29.9 Å². The third kappa shape index (κ3) is 6.70. The zero-order chi connectivity index (χ0) is 14.8. The molecule has 0 bridgehead atoms. The van der Waals surface area contributed by atoms with Gasteiger partial charge >= 0.3 is 5.97 Å². The van der Waals surface area contributed by atoms with E-state index in [1.807, 2.05) is 13.0 Å². The van der Waals surface area contributed by atoms with Crippen LogP contribution in [-0.2, 0) is 9.53 Å². The number of pyridine rings is 1. The molecule has 4 nitrogen and oxygen atoms in total. The minimum absolute atomic E-state index is 0.156. The van der Waals surface area contributed by atoms with Gasteiger partial charge in [0.25, 0.3) is 0 Å². The normalized spacial score (nSPS) is 11.2. The minimum atomic E-state index is -0.156. The highest BCUT2D eigenvalue weighted by atomic mass is 32.2. The Bertz CT molecular complexity index is 447. The minimum Gasteiger partial charge on any atom is -0.466 e. The van der Waals surface area contributed by atoms with E-state index in [1.54, 1.807) is 24.2 Å². The highest BCUT2D eigenvalue weighted by Gasteiger charge is 2.04. The van der Waals surface area contributed by atoms with Crippen molar-refractivity contribution in [1.29, 1.82) is 0 Å². The van der Waals surface area contributed by atoms with Gasteiger partial charge in [-0.05, 0) is 25.5 Å². The summed E-state index contributed by atoms with van der Waals surface area (Å²) in [7, 11) is 0. The summed E-state index contributed by atoms with van der Waals surface area (Å²) in [5.41, 5.74) is 0.891. The number of carbonyl (C=O) groups is 1. The lowest BCUT2D eigenvalue weighted by atomic mass is 10.3. The summed E-state index contributed by atoms with van der Waals surface area (Å²) in [4.78, 5) is 21.0. The average molecular weight is 294 g/mol. The summed E-state index contributed by atoms with van der Waals surface area (Å²) in [5.74, 6) is -0.156. The van der Waals surface area contributed by atoms with E-state index in [4.69, 9.17) is 4.74 Å². The maximum absolute atomic E-state index is 11.2. The fourth-order valence-electron chi connectivity index (χ4n) is 1.55. The van der Waals surface area contributed by atoms with Gasteiger partial charge in [-0.3, -0.25) is 14.8 Å². The van der Waals surface area contributed by atoms with Crippen LogP contribution >= 0.6 is 11.8 Å². The van der Waals surface area contributed by atoms with Crippen molar-refractivity contribution in [2.24, 2.45) is 4.99 Å². The van der Waals surface area contributed by atoms with Crippen molar-refractivity contribution in [3.8, 4) is 0 Å². The summed E-state index contributed by atoms with van der Waals surface area (Å²) >= 11 is 1.77. The molecule has 1 rings (SSSR count). The molecule has 0 unspecified atom stereocenters. The van der Waals surface area contributed by atoms with Crippen molar-refractivity contribution >= 4 is 23.9 Å². The molecule has 110 valence electrons. The highest BCUT2D eigenvalue weighted by molar-refractivity contribution is 8.00. The van der Waals surface area contributed by atoms with Crippen LogP contribution in [0.15, 0.2) is 28.2 Å². The zero-order valence-corrected chi connectivity index (χ0v) is 13.2. The molecule has 1 aromatic rings. The lowest BCUT2D eigenvalue weighted by Crippen LogP contribution is -2.04. The molecule has 0 aliphatic heterocycles. The molecule has 0 fully saturated rings. The van der Waals surface area contributed by atoms with Gasteiger partial charge in [0.1, 0.15) is 0 Å². The van der Waals surface area contributed by atoms with Crippen LogP contribution in [0.2, 0.25) is 0 Å². The van der Waals surface area contributed by atoms with Gasteiger partial charge in [0, 0.05) is 35.5 Å². The van der Waals surface area contributed by atoms with E-state index in [0.29, 0.717) is 31.2 Å². The molecular formula is C15H22N2O2S. The van der Waals surface area contributed by atoms with E-state index in [0.717, 1.165) is 10.6 Å². The summed E-state index contributed by atoms with van der Waals surface area (Å²) in [5, 5.41) is 0.509. The van der Waals surface area contributed by atoms with Crippen molar-refractivity contribution in [1.82, 2.24) is 4.98 Å². The average Bonchev–Trinajstić information content (AvgIpc) is 2.40. The molecule has 0 saturated carbocycles. The maximum Gasteiger partial charge on any atom is 0.305 e. The van der Waals surface area contributed by atoms with Crippen LogP contribution in [-0.4, -0.2) is 35.6 Å². The molecule has 20 heavy (non-hydrogen) atoms. The molecule has 0 aliphatic rings. The van der Waals surface area contributed by atoms with Crippen molar-refractivity contribution in [3.63, 3.8) is 0 Å². The largest absolute Gasteiger partial charge is 0.466 e. The van der Waals surface area contributed by atoms with Crippen LogP contribution in [0.5, 0.6) is 0 Å². The van der Waals surface area contributed by atoms with E-state index in [1.165, 1.54) is 0 Å². The summed E-state index contributed by atoms with van der Waals surface area (Å²) in [6.45, 7) is 7.16. The first-order valence-electron chi connectivity index (χ1n) is 6.90. The fourth-order valence-corrected chi connectivity index (χ4v) is 2.44. The lowest BCUT2D eigenvalue weighted by molar-refractivity contribution is -0.143. The topological polar surface area (TPSA) is 51.5 Å². The summed E-state index contributed by atoms with van der Waals surface area (Å²) in [6, 6.07) is 3.99. The first kappa shape index (κ1) is 16.7. The number of carbonyl (C=O) groups excluding carboxylic acids is 1. The predicted octanol–water partition coefficient (Wildman–Crippen LogP) is 3.34. The Morgan fingerprint density at radius 2 is 2.35 bits per heavy atom. The molecule has 0 atom stereocenters. The van der Waals surface area contributed by atoms with Gasteiger partial charge < -0.3 is 4.74 Å². The zero-order valence-electron chi connectivity index (χ0n) is 12.3. The van der Waals surface area contributed by atoms with Crippen molar-refractivity contribution in [2.75, 3.05) is 13.2 Å². The van der Waals surface area contributed by atoms with Crippen molar-refractivity contribution < 1.29 is 9.53 Å². The number of aliphatic imine (C=N–C) groups is 1. The predicted molar refractivity (Wildman–Crippen MR) is 83.6 cm³/mol. The molecular weight excluding hydrogens is 272 g/mol. The second kappa shape index (κ2) is 9.53. The molecule has 1 heterocycles. The first-order valence-corrected chi connectivity index (χ1v) is 7.78. The Kier molecular flexibility index (Phi) is 7.95. The molecule has 0 amide bonds. The Hall–Kier alpha value is -1.36. The fraction of sp³-hybridized carbons (Fsp3) is 0.533. The quantitative estimate of drug-likeness (QED) is 0.319. The van der Waals surface area contributed by atoms with E-state index in [9.17, 15) is 4.79 Å². The van der Waals surface area contributed by atoms with Crippen LogP contribution in [0.25, 0.3) is 0 Å². The monoisotopic (exact) mass is 294 g/mol. The van der Waals surface area contributed by atoms with Crippen LogP contribution in [0.1, 0.15) is 39.3 Å². The van der Waals surface area contributed by atoms with Crippen LogP contribution in [0.3, 0.4) is 0 Å². The Labute approximate surface area is 125 Å². The molecule has 0 radical (unpaired) electrons. The van der Waals surface area contributed by atoms with Crippen LogP contribution in [0.4, 0.5) is 0 Å². The molecule has 5 heteroatoms.